The SMILES string of the molecule is O=C(O)C1(Cc2cc3ccc(F)cc3[nH]2)CSC(CSc2nc(-c3ccccc3)c(-c3ccccc3)o2)=N1. The first-order chi connectivity index (χ1) is 18.5. The van der Waals surface area contributed by atoms with E-state index in [9.17, 15) is 14.3 Å². The van der Waals surface area contributed by atoms with Crippen LogP contribution in [0.25, 0.3) is 33.5 Å². The van der Waals surface area contributed by atoms with Crippen molar-refractivity contribution in [2.75, 3.05) is 11.5 Å². The number of rotatable bonds is 8. The molecule has 38 heavy (non-hydrogen) atoms. The van der Waals surface area contributed by atoms with E-state index in [0.717, 1.165) is 27.3 Å². The minimum absolute atomic E-state index is 0.190. The zero-order valence-corrected chi connectivity index (χ0v) is 21.7. The molecule has 0 bridgehead atoms. The van der Waals surface area contributed by atoms with Crippen LogP contribution in [-0.4, -0.2) is 43.1 Å². The highest BCUT2D eigenvalue weighted by Crippen LogP contribution is 2.38. The molecule has 9 heteroatoms. The Morgan fingerprint density at radius 2 is 1.79 bits per heavy atom. The van der Waals surface area contributed by atoms with Gasteiger partial charge in [-0.05, 0) is 29.7 Å². The molecule has 2 N–H and O–H groups in total. The average molecular weight is 544 g/mol. The van der Waals surface area contributed by atoms with Gasteiger partial charge in [-0.1, -0.05) is 72.4 Å². The number of carboxylic acid groups (broad SMARTS) is 1. The van der Waals surface area contributed by atoms with E-state index in [4.69, 9.17) is 9.40 Å². The van der Waals surface area contributed by atoms with Gasteiger partial charge in [0.25, 0.3) is 5.22 Å². The number of aromatic amines is 1. The van der Waals surface area contributed by atoms with E-state index in [1.54, 1.807) is 6.07 Å². The van der Waals surface area contributed by atoms with Gasteiger partial charge >= 0.3 is 5.97 Å². The molecule has 6 rings (SSSR count). The third-order valence-corrected chi connectivity index (χ3v) is 8.56. The molecular weight excluding hydrogens is 521 g/mol. The lowest BCUT2D eigenvalue weighted by atomic mass is 9.96. The number of halogens is 1. The fourth-order valence-electron chi connectivity index (χ4n) is 4.49. The first-order valence-corrected chi connectivity index (χ1v) is 13.9. The van der Waals surface area contributed by atoms with Crippen molar-refractivity contribution in [1.82, 2.24) is 9.97 Å². The Morgan fingerprint density at radius 1 is 1.05 bits per heavy atom. The van der Waals surface area contributed by atoms with Gasteiger partial charge < -0.3 is 14.5 Å². The van der Waals surface area contributed by atoms with Gasteiger partial charge in [0.1, 0.15) is 11.5 Å². The third kappa shape index (κ3) is 4.87. The van der Waals surface area contributed by atoms with Crippen LogP contribution >= 0.6 is 23.5 Å². The van der Waals surface area contributed by atoms with Crippen molar-refractivity contribution in [3.63, 3.8) is 0 Å². The summed E-state index contributed by atoms with van der Waals surface area (Å²) >= 11 is 2.83. The predicted molar refractivity (Wildman–Crippen MR) is 150 cm³/mol. The number of H-pyrrole nitrogens is 1. The minimum atomic E-state index is -1.29. The van der Waals surface area contributed by atoms with Crippen molar-refractivity contribution in [2.24, 2.45) is 4.99 Å². The second kappa shape index (κ2) is 10.2. The molecule has 0 saturated heterocycles. The molecule has 1 aliphatic rings. The molecular formula is C29H22FN3O3S2. The highest BCUT2D eigenvalue weighted by Gasteiger charge is 2.43. The number of fused-ring (bicyclic) bond motifs is 1. The minimum Gasteiger partial charge on any atom is -0.479 e. The van der Waals surface area contributed by atoms with Gasteiger partial charge in [0.2, 0.25) is 0 Å². The second-order valence-corrected chi connectivity index (χ2v) is 11.0. The number of thioether (sulfide) groups is 2. The van der Waals surface area contributed by atoms with E-state index in [1.807, 2.05) is 66.7 Å². The highest BCUT2D eigenvalue weighted by atomic mass is 32.2. The standard InChI is InChI=1S/C29H22FN3O3S2/c30-21-12-11-20-13-22(31-23(20)14-21)15-29(27(34)35)17-38-24(33-29)16-37-28-32-25(18-7-3-1-4-8-18)26(36-28)19-9-5-2-6-10-19/h1-14,31H,15-17H2,(H,34,35). The van der Waals surface area contributed by atoms with Gasteiger partial charge in [0.15, 0.2) is 11.3 Å². The van der Waals surface area contributed by atoms with Crippen molar-refractivity contribution < 1.29 is 18.7 Å². The molecule has 0 saturated carbocycles. The van der Waals surface area contributed by atoms with Crippen LogP contribution in [0.15, 0.2) is 99.6 Å². The lowest BCUT2D eigenvalue weighted by molar-refractivity contribution is -0.142. The maximum atomic E-state index is 13.6. The molecule has 0 spiro atoms. The topological polar surface area (TPSA) is 91.5 Å². The van der Waals surface area contributed by atoms with Crippen LogP contribution in [0.1, 0.15) is 5.69 Å². The average Bonchev–Trinajstić information content (AvgIpc) is 3.65. The number of oxazole rings is 1. The Balaban J connectivity index is 1.24. The van der Waals surface area contributed by atoms with Crippen molar-refractivity contribution >= 4 is 45.4 Å². The summed E-state index contributed by atoms with van der Waals surface area (Å²) in [7, 11) is 0. The third-order valence-electron chi connectivity index (χ3n) is 6.35. The summed E-state index contributed by atoms with van der Waals surface area (Å²) in [6, 6.07) is 26.0. The molecule has 3 aromatic carbocycles. The zero-order chi connectivity index (χ0) is 26.1. The van der Waals surface area contributed by atoms with Crippen molar-refractivity contribution in [2.45, 2.75) is 17.2 Å². The zero-order valence-electron chi connectivity index (χ0n) is 20.1. The molecule has 0 amide bonds. The quantitative estimate of drug-likeness (QED) is 0.206. The molecule has 6 nitrogen and oxygen atoms in total. The number of hydrogen-bond acceptors (Lipinski definition) is 6. The summed E-state index contributed by atoms with van der Waals surface area (Å²) in [6.45, 7) is 0. The summed E-state index contributed by atoms with van der Waals surface area (Å²) < 4.78 is 19.8. The first kappa shape index (κ1) is 24.5. The van der Waals surface area contributed by atoms with Crippen LogP contribution in [0.4, 0.5) is 4.39 Å². The highest BCUT2D eigenvalue weighted by molar-refractivity contribution is 8.16. The monoisotopic (exact) mass is 543 g/mol. The Kier molecular flexibility index (Phi) is 6.55. The fourth-order valence-corrected chi connectivity index (χ4v) is 6.54. The summed E-state index contributed by atoms with van der Waals surface area (Å²) in [4.78, 5) is 24.9. The van der Waals surface area contributed by atoms with Crippen LogP contribution in [0.3, 0.4) is 0 Å². The summed E-state index contributed by atoms with van der Waals surface area (Å²) in [6.07, 6.45) is 0.190. The molecule has 1 unspecified atom stereocenters. The van der Waals surface area contributed by atoms with Gasteiger partial charge in [-0.2, -0.15) is 0 Å². The van der Waals surface area contributed by atoms with E-state index < -0.39 is 11.5 Å². The smallest absolute Gasteiger partial charge is 0.332 e. The van der Waals surface area contributed by atoms with Crippen molar-refractivity contribution in [3.8, 4) is 22.6 Å². The molecule has 0 fully saturated rings. The van der Waals surface area contributed by atoms with Gasteiger partial charge in [-0.3, -0.25) is 4.99 Å². The van der Waals surface area contributed by atoms with Crippen LogP contribution in [0.5, 0.6) is 0 Å². The molecule has 190 valence electrons. The Bertz CT molecular complexity index is 1590. The number of aromatic nitrogens is 2. The van der Waals surface area contributed by atoms with E-state index >= 15 is 0 Å². The Hall–Kier alpha value is -3.82. The van der Waals surface area contributed by atoms with E-state index in [1.165, 1.54) is 35.7 Å². The lowest BCUT2D eigenvalue weighted by Crippen LogP contribution is -2.39. The van der Waals surface area contributed by atoms with Gasteiger partial charge in [-0.25, -0.2) is 14.2 Å². The predicted octanol–water partition coefficient (Wildman–Crippen LogP) is 6.93. The fraction of sp³-hybridized carbons (Fsp3) is 0.138. The molecule has 1 atom stereocenters. The molecule has 2 aromatic heterocycles. The maximum Gasteiger partial charge on any atom is 0.332 e. The van der Waals surface area contributed by atoms with E-state index in [-0.39, 0.29) is 12.2 Å². The summed E-state index contributed by atoms with van der Waals surface area (Å²) in [5.41, 5.74) is 2.70. The number of nitrogens with zero attached hydrogens (tertiary/aromatic N) is 2. The number of benzene rings is 3. The van der Waals surface area contributed by atoms with Gasteiger partial charge in [0.05, 0.1) is 10.8 Å². The number of hydrogen-bond donors (Lipinski definition) is 2. The van der Waals surface area contributed by atoms with E-state index in [2.05, 4.69) is 9.98 Å². The molecule has 0 aliphatic carbocycles. The Morgan fingerprint density at radius 3 is 2.53 bits per heavy atom. The Labute approximate surface area is 226 Å². The summed E-state index contributed by atoms with van der Waals surface area (Å²) in [5.74, 6) is 0.127. The number of aliphatic carboxylic acids is 1. The van der Waals surface area contributed by atoms with Crippen molar-refractivity contribution in [3.05, 3.63) is 96.4 Å². The first-order valence-electron chi connectivity index (χ1n) is 12.0. The van der Waals surface area contributed by atoms with E-state index in [0.29, 0.717) is 33.7 Å². The number of nitrogens with one attached hydrogen (secondary N) is 1. The normalized spacial score (nSPS) is 17.1. The van der Waals surface area contributed by atoms with Crippen LogP contribution < -0.4 is 0 Å². The molecule has 0 radical (unpaired) electrons. The number of carbonyl (C=O) groups is 1. The number of aliphatic imine (C=N–C) groups is 1. The maximum absolute atomic E-state index is 13.6. The summed E-state index contributed by atoms with van der Waals surface area (Å²) in [5, 5.41) is 12.2. The van der Waals surface area contributed by atoms with Gasteiger partial charge in [0, 0.05) is 34.5 Å². The van der Waals surface area contributed by atoms with Crippen LogP contribution in [0, 0.1) is 5.82 Å². The lowest BCUT2D eigenvalue weighted by Gasteiger charge is -2.19. The van der Waals surface area contributed by atoms with Crippen LogP contribution in [0.2, 0.25) is 0 Å². The molecule has 5 aromatic rings. The largest absolute Gasteiger partial charge is 0.479 e. The van der Waals surface area contributed by atoms with Crippen molar-refractivity contribution in [1.29, 1.82) is 0 Å². The molecule has 3 heterocycles. The van der Waals surface area contributed by atoms with Crippen LogP contribution in [-0.2, 0) is 11.2 Å². The molecule has 1 aliphatic heterocycles. The second-order valence-electron chi connectivity index (χ2n) is 9.01. The van der Waals surface area contributed by atoms with Gasteiger partial charge in [-0.15, -0.1) is 11.8 Å². The number of carboxylic acids is 1.